The number of carbonyl (C=O) groups excluding carboxylic acids is 1. The Morgan fingerprint density at radius 3 is 2.55 bits per heavy atom. The highest BCUT2D eigenvalue weighted by Crippen LogP contribution is 2.21. The maximum Gasteiger partial charge on any atom is 0.320 e. The predicted molar refractivity (Wildman–Crippen MR) is 75.6 cm³/mol. The summed E-state index contributed by atoms with van der Waals surface area (Å²) in [7, 11) is 0. The van der Waals surface area contributed by atoms with Crippen LogP contribution >= 0.6 is 0 Å². The number of piperidine rings is 1. The molecule has 2 fully saturated rings. The molecule has 0 aromatic carbocycles. The number of rotatable bonds is 4. The number of aliphatic carboxylic acids is 1. The third kappa shape index (κ3) is 3.42. The molecule has 6 heteroatoms. The van der Waals surface area contributed by atoms with Gasteiger partial charge in [-0.2, -0.15) is 0 Å². The van der Waals surface area contributed by atoms with Crippen molar-refractivity contribution < 1.29 is 14.7 Å². The highest BCUT2D eigenvalue weighted by Gasteiger charge is 2.35. The quantitative estimate of drug-likeness (QED) is 0.806. The molecule has 0 aromatic rings. The first-order valence-corrected chi connectivity index (χ1v) is 7.62. The Hall–Kier alpha value is -1.30. The molecule has 2 aliphatic heterocycles. The molecule has 0 aliphatic carbocycles. The van der Waals surface area contributed by atoms with Crippen LogP contribution in [-0.4, -0.2) is 65.7 Å². The predicted octanol–water partition coefficient (Wildman–Crippen LogP) is 0.977. The molecule has 1 unspecified atom stereocenters. The third-order valence-electron chi connectivity index (χ3n) is 4.27. The summed E-state index contributed by atoms with van der Waals surface area (Å²) in [5.41, 5.74) is 0. The van der Waals surface area contributed by atoms with Gasteiger partial charge in [0, 0.05) is 25.7 Å². The number of likely N-dealkylation sites (tertiary alicyclic amines) is 1. The van der Waals surface area contributed by atoms with Crippen LogP contribution in [0.4, 0.5) is 4.79 Å². The molecule has 2 saturated heterocycles. The molecule has 114 valence electrons. The van der Waals surface area contributed by atoms with Gasteiger partial charge in [0.15, 0.2) is 0 Å². The average Bonchev–Trinajstić information content (AvgIpc) is 2.95. The Balaban J connectivity index is 1.98. The Bertz CT molecular complexity index is 356. The first kappa shape index (κ1) is 15.1. The van der Waals surface area contributed by atoms with Crippen LogP contribution in [0.15, 0.2) is 0 Å². The summed E-state index contributed by atoms with van der Waals surface area (Å²) in [6.45, 7) is 5.68. The highest BCUT2D eigenvalue weighted by molar-refractivity contribution is 5.77. The number of carboxylic acids is 1. The van der Waals surface area contributed by atoms with Crippen molar-refractivity contribution >= 4 is 12.0 Å². The molecule has 2 rings (SSSR count). The second kappa shape index (κ2) is 6.92. The summed E-state index contributed by atoms with van der Waals surface area (Å²) >= 11 is 0. The molecule has 0 saturated carbocycles. The zero-order valence-electron chi connectivity index (χ0n) is 12.2. The van der Waals surface area contributed by atoms with Crippen molar-refractivity contribution in [1.29, 1.82) is 0 Å². The molecule has 0 spiro atoms. The SMILES string of the molecule is CCCN(C(=O)N1CCC(C(=O)O)C1)C1CCNCC1. The second-order valence-electron chi connectivity index (χ2n) is 5.73. The average molecular weight is 283 g/mol. The van der Waals surface area contributed by atoms with E-state index in [0.29, 0.717) is 25.6 Å². The van der Waals surface area contributed by atoms with Gasteiger partial charge in [0.2, 0.25) is 0 Å². The van der Waals surface area contributed by atoms with Crippen LogP contribution in [0, 0.1) is 5.92 Å². The third-order valence-corrected chi connectivity index (χ3v) is 4.27. The van der Waals surface area contributed by atoms with Gasteiger partial charge in [-0.1, -0.05) is 6.92 Å². The van der Waals surface area contributed by atoms with Crippen LogP contribution in [0.25, 0.3) is 0 Å². The Labute approximate surface area is 120 Å². The van der Waals surface area contributed by atoms with Crippen molar-refractivity contribution in [3.8, 4) is 0 Å². The van der Waals surface area contributed by atoms with Gasteiger partial charge in [0.1, 0.15) is 0 Å². The topological polar surface area (TPSA) is 72.9 Å². The molecule has 2 amide bonds. The minimum Gasteiger partial charge on any atom is -0.481 e. The van der Waals surface area contributed by atoms with Crippen LogP contribution in [0.5, 0.6) is 0 Å². The van der Waals surface area contributed by atoms with Crippen molar-refractivity contribution in [1.82, 2.24) is 15.1 Å². The van der Waals surface area contributed by atoms with E-state index in [0.717, 1.165) is 38.9 Å². The van der Waals surface area contributed by atoms with E-state index in [4.69, 9.17) is 5.11 Å². The maximum atomic E-state index is 12.6. The lowest BCUT2D eigenvalue weighted by molar-refractivity contribution is -0.141. The number of nitrogens with one attached hydrogen (secondary N) is 1. The van der Waals surface area contributed by atoms with E-state index in [-0.39, 0.29) is 6.03 Å². The summed E-state index contributed by atoms with van der Waals surface area (Å²) in [5, 5.41) is 12.4. The molecule has 0 bridgehead atoms. The van der Waals surface area contributed by atoms with Crippen LogP contribution in [0.2, 0.25) is 0 Å². The van der Waals surface area contributed by atoms with Crippen molar-refractivity contribution in [3.05, 3.63) is 0 Å². The first-order chi connectivity index (χ1) is 9.63. The van der Waals surface area contributed by atoms with E-state index >= 15 is 0 Å². The highest BCUT2D eigenvalue weighted by atomic mass is 16.4. The molecule has 2 aliphatic rings. The number of amides is 2. The number of hydrogen-bond acceptors (Lipinski definition) is 3. The maximum absolute atomic E-state index is 12.6. The van der Waals surface area contributed by atoms with E-state index in [1.165, 1.54) is 0 Å². The minimum atomic E-state index is -0.788. The van der Waals surface area contributed by atoms with Crippen molar-refractivity contribution in [2.24, 2.45) is 5.92 Å². The second-order valence-corrected chi connectivity index (χ2v) is 5.73. The largest absolute Gasteiger partial charge is 0.481 e. The Morgan fingerprint density at radius 2 is 2.00 bits per heavy atom. The van der Waals surface area contributed by atoms with E-state index in [1.54, 1.807) is 4.90 Å². The number of nitrogens with zero attached hydrogens (tertiary/aromatic N) is 2. The molecule has 20 heavy (non-hydrogen) atoms. The van der Waals surface area contributed by atoms with Gasteiger partial charge >= 0.3 is 12.0 Å². The molecule has 2 heterocycles. The van der Waals surface area contributed by atoms with Crippen molar-refractivity contribution in [2.75, 3.05) is 32.7 Å². The van der Waals surface area contributed by atoms with Gasteiger partial charge in [-0.05, 0) is 38.8 Å². The lowest BCUT2D eigenvalue weighted by Gasteiger charge is -2.37. The number of carboxylic acid groups (broad SMARTS) is 1. The van der Waals surface area contributed by atoms with Crippen molar-refractivity contribution in [2.45, 2.75) is 38.6 Å². The standard InChI is InChI=1S/C14H25N3O3/c1-2-8-17(12-3-6-15-7-4-12)14(20)16-9-5-11(10-16)13(18)19/h11-12,15H,2-10H2,1H3,(H,18,19). The van der Waals surface area contributed by atoms with E-state index in [9.17, 15) is 9.59 Å². The summed E-state index contributed by atoms with van der Waals surface area (Å²) in [5.74, 6) is -1.18. The molecule has 6 nitrogen and oxygen atoms in total. The summed E-state index contributed by atoms with van der Waals surface area (Å²) in [4.78, 5) is 27.3. The lowest BCUT2D eigenvalue weighted by Crippen LogP contribution is -2.51. The van der Waals surface area contributed by atoms with Gasteiger partial charge < -0.3 is 20.2 Å². The van der Waals surface area contributed by atoms with Gasteiger partial charge in [0.05, 0.1) is 5.92 Å². The Morgan fingerprint density at radius 1 is 1.30 bits per heavy atom. The molecule has 0 aromatic heterocycles. The summed E-state index contributed by atoms with van der Waals surface area (Å²) in [6, 6.07) is 0.329. The van der Waals surface area contributed by atoms with Gasteiger partial charge in [0.25, 0.3) is 0 Å². The molecule has 2 N–H and O–H groups in total. The lowest BCUT2D eigenvalue weighted by atomic mass is 10.0. The Kier molecular flexibility index (Phi) is 5.23. The molecule has 0 radical (unpaired) electrons. The van der Waals surface area contributed by atoms with Gasteiger partial charge in [-0.3, -0.25) is 4.79 Å². The van der Waals surface area contributed by atoms with Gasteiger partial charge in [-0.25, -0.2) is 4.79 Å². The normalized spacial score (nSPS) is 23.9. The monoisotopic (exact) mass is 283 g/mol. The number of urea groups is 1. The smallest absolute Gasteiger partial charge is 0.320 e. The fraction of sp³-hybridized carbons (Fsp3) is 0.857. The molecular weight excluding hydrogens is 258 g/mol. The van der Waals surface area contributed by atoms with Crippen molar-refractivity contribution in [3.63, 3.8) is 0 Å². The number of hydrogen-bond donors (Lipinski definition) is 2. The van der Waals surface area contributed by atoms with E-state index < -0.39 is 11.9 Å². The fourth-order valence-corrected chi connectivity index (χ4v) is 3.11. The van der Waals surface area contributed by atoms with Crippen LogP contribution in [-0.2, 0) is 4.79 Å². The van der Waals surface area contributed by atoms with Crippen LogP contribution in [0.1, 0.15) is 32.6 Å². The van der Waals surface area contributed by atoms with Crippen LogP contribution < -0.4 is 5.32 Å². The van der Waals surface area contributed by atoms with Gasteiger partial charge in [-0.15, -0.1) is 0 Å². The zero-order valence-corrected chi connectivity index (χ0v) is 12.2. The first-order valence-electron chi connectivity index (χ1n) is 7.62. The van der Waals surface area contributed by atoms with Crippen LogP contribution in [0.3, 0.4) is 0 Å². The minimum absolute atomic E-state index is 0.0301. The molecular formula is C14H25N3O3. The van der Waals surface area contributed by atoms with E-state index in [2.05, 4.69) is 12.2 Å². The van der Waals surface area contributed by atoms with E-state index in [1.807, 2.05) is 4.90 Å². The molecule has 1 atom stereocenters. The number of carbonyl (C=O) groups is 2. The summed E-state index contributed by atoms with van der Waals surface area (Å²) < 4.78 is 0. The fourth-order valence-electron chi connectivity index (χ4n) is 3.11. The summed E-state index contributed by atoms with van der Waals surface area (Å²) in [6.07, 6.45) is 3.49. The zero-order chi connectivity index (χ0) is 14.5.